The monoisotopic (exact) mass is 317 g/mol. The molecule has 0 bridgehead atoms. The number of nitrogens with one attached hydrogen (secondary N) is 1. The Balaban J connectivity index is 1.84. The van der Waals surface area contributed by atoms with Crippen LogP contribution in [0, 0.1) is 0 Å². The highest BCUT2D eigenvalue weighted by atomic mass is 35.5. The van der Waals surface area contributed by atoms with Gasteiger partial charge in [0.05, 0.1) is 5.41 Å². The first kappa shape index (κ1) is 14.7. The first-order valence-electron chi connectivity index (χ1n) is 6.94. The number of hydrogen-bond acceptors (Lipinski definition) is 3. The Morgan fingerprint density at radius 3 is 2.68 bits per heavy atom. The van der Waals surface area contributed by atoms with Crippen LogP contribution in [0.1, 0.15) is 19.4 Å². The first-order valence-corrected chi connectivity index (χ1v) is 7.32. The molecule has 4 nitrogen and oxygen atoms in total. The van der Waals surface area contributed by atoms with Gasteiger partial charge in [-0.3, -0.25) is 4.79 Å². The van der Waals surface area contributed by atoms with Crippen LogP contribution in [0.4, 0.5) is 5.69 Å². The van der Waals surface area contributed by atoms with Crippen molar-refractivity contribution >= 4 is 23.2 Å². The number of amides is 1. The summed E-state index contributed by atoms with van der Waals surface area (Å²) in [7, 11) is 0. The van der Waals surface area contributed by atoms with E-state index in [-0.39, 0.29) is 12.7 Å². The Kier molecular flexibility index (Phi) is 3.71. The second-order valence-corrected chi connectivity index (χ2v) is 6.09. The minimum Gasteiger partial charge on any atom is -0.454 e. The molecule has 1 amide bonds. The topological polar surface area (TPSA) is 47.6 Å². The third-order valence-corrected chi connectivity index (χ3v) is 3.98. The van der Waals surface area contributed by atoms with E-state index >= 15 is 0 Å². The summed E-state index contributed by atoms with van der Waals surface area (Å²) in [5.74, 6) is 1.25. The van der Waals surface area contributed by atoms with Crippen molar-refractivity contribution in [1.29, 1.82) is 0 Å². The summed E-state index contributed by atoms with van der Waals surface area (Å²) in [5, 5.41) is 3.48. The molecule has 0 unspecified atom stereocenters. The Bertz CT molecular complexity index is 728. The zero-order chi connectivity index (χ0) is 15.7. The Morgan fingerprint density at radius 2 is 1.91 bits per heavy atom. The number of carbonyl (C=O) groups is 1. The largest absolute Gasteiger partial charge is 0.454 e. The molecule has 1 aliphatic heterocycles. The fourth-order valence-corrected chi connectivity index (χ4v) is 2.46. The SMILES string of the molecule is CC(C)(C(=O)Nc1cccc(Cl)c1)c1ccc2c(c1)OCO2. The van der Waals surface area contributed by atoms with E-state index < -0.39 is 5.41 Å². The molecule has 2 aromatic carbocycles. The van der Waals surface area contributed by atoms with Crippen molar-refractivity contribution in [2.75, 3.05) is 12.1 Å². The van der Waals surface area contributed by atoms with E-state index in [4.69, 9.17) is 21.1 Å². The molecule has 2 aromatic rings. The predicted molar refractivity (Wildman–Crippen MR) is 85.7 cm³/mol. The van der Waals surface area contributed by atoms with E-state index in [9.17, 15) is 4.79 Å². The quantitative estimate of drug-likeness (QED) is 0.931. The van der Waals surface area contributed by atoms with Crippen LogP contribution in [0.3, 0.4) is 0 Å². The van der Waals surface area contributed by atoms with Crippen molar-refractivity contribution in [1.82, 2.24) is 0 Å². The van der Waals surface area contributed by atoms with Gasteiger partial charge >= 0.3 is 0 Å². The molecule has 0 fully saturated rings. The zero-order valence-electron chi connectivity index (χ0n) is 12.4. The van der Waals surface area contributed by atoms with Crippen molar-refractivity contribution in [3.63, 3.8) is 0 Å². The lowest BCUT2D eigenvalue weighted by atomic mass is 9.83. The van der Waals surface area contributed by atoms with Crippen LogP contribution < -0.4 is 14.8 Å². The van der Waals surface area contributed by atoms with Gasteiger partial charge < -0.3 is 14.8 Å². The van der Waals surface area contributed by atoms with Crippen molar-refractivity contribution in [3.8, 4) is 11.5 Å². The average molecular weight is 318 g/mol. The molecule has 0 atom stereocenters. The van der Waals surface area contributed by atoms with Crippen molar-refractivity contribution < 1.29 is 14.3 Å². The summed E-state index contributed by atoms with van der Waals surface area (Å²) >= 11 is 5.94. The standard InChI is InChI=1S/C17H16ClNO3/c1-17(2,11-6-7-14-15(8-11)22-10-21-14)16(20)19-13-5-3-4-12(18)9-13/h3-9H,10H2,1-2H3,(H,19,20). The van der Waals surface area contributed by atoms with E-state index in [0.29, 0.717) is 22.2 Å². The molecule has 3 rings (SSSR count). The molecule has 0 radical (unpaired) electrons. The van der Waals surface area contributed by atoms with Crippen LogP contribution >= 0.6 is 11.6 Å². The zero-order valence-corrected chi connectivity index (χ0v) is 13.1. The summed E-state index contributed by atoms with van der Waals surface area (Å²) in [6.07, 6.45) is 0. The number of halogens is 1. The molecule has 22 heavy (non-hydrogen) atoms. The lowest BCUT2D eigenvalue weighted by molar-refractivity contribution is -0.120. The number of anilines is 1. The second kappa shape index (κ2) is 5.54. The van der Waals surface area contributed by atoms with Crippen LogP contribution in [-0.2, 0) is 10.2 Å². The minimum atomic E-state index is -0.719. The van der Waals surface area contributed by atoms with Gasteiger partial charge in [-0.05, 0) is 49.7 Å². The fraction of sp³-hybridized carbons (Fsp3) is 0.235. The summed E-state index contributed by atoms with van der Waals surface area (Å²) in [6.45, 7) is 3.95. The number of fused-ring (bicyclic) bond motifs is 1. The number of benzene rings is 2. The fourth-order valence-electron chi connectivity index (χ4n) is 2.27. The number of rotatable bonds is 3. The van der Waals surface area contributed by atoms with Crippen LogP contribution in [-0.4, -0.2) is 12.7 Å². The summed E-state index contributed by atoms with van der Waals surface area (Å²) in [6, 6.07) is 12.6. The maximum absolute atomic E-state index is 12.6. The van der Waals surface area contributed by atoms with Gasteiger partial charge in [-0.25, -0.2) is 0 Å². The Morgan fingerprint density at radius 1 is 1.14 bits per heavy atom. The van der Waals surface area contributed by atoms with Gasteiger partial charge in [0.15, 0.2) is 11.5 Å². The highest BCUT2D eigenvalue weighted by Gasteiger charge is 2.31. The van der Waals surface area contributed by atoms with E-state index in [1.165, 1.54) is 0 Å². The van der Waals surface area contributed by atoms with Crippen molar-refractivity contribution in [2.45, 2.75) is 19.3 Å². The van der Waals surface area contributed by atoms with E-state index in [1.54, 1.807) is 24.3 Å². The molecular formula is C17H16ClNO3. The lowest BCUT2D eigenvalue weighted by Crippen LogP contribution is -2.34. The van der Waals surface area contributed by atoms with Gasteiger partial charge in [-0.2, -0.15) is 0 Å². The number of carbonyl (C=O) groups excluding carboxylic acids is 1. The smallest absolute Gasteiger partial charge is 0.234 e. The maximum Gasteiger partial charge on any atom is 0.234 e. The number of hydrogen-bond donors (Lipinski definition) is 1. The molecule has 1 N–H and O–H groups in total. The molecular weight excluding hydrogens is 302 g/mol. The molecule has 0 saturated carbocycles. The van der Waals surface area contributed by atoms with Crippen molar-refractivity contribution in [3.05, 3.63) is 53.1 Å². The van der Waals surface area contributed by atoms with Gasteiger partial charge in [0.25, 0.3) is 0 Å². The molecule has 1 aliphatic rings. The molecule has 114 valence electrons. The van der Waals surface area contributed by atoms with Crippen LogP contribution in [0.2, 0.25) is 5.02 Å². The maximum atomic E-state index is 12.6. The number of ether oxygens (including phenoxy) is 2. The molecule has 5 heteroatoms. The predicted octanol–water partition coefficient (Wildman–Crippen LogP) is 3.99. The van der Waals surface area contributed by atoms with Crippen molar-refractivity contribution in [2.24, 2.45) is 0 Å². The Labute approximate surface area is 134 Å². The van der Waals surface area contributed by atoms with Crippen LogP contribution in [0.25, 0.3) is 0 Å². The van der Waals surface area contributed by atoms with E-state index in [1.807, 2.05) is 32.0 Å². The average Bonchev–Trinajstić information content (AvgIpc) is 2.94. The first-order chi connectivity index (χ1) is 10.5. The van der Waals surface area contributed by atoms with Gasteiger partial charge in [0.2, 0.25) is 12.7 Å². The van der Waals surface area contributed by atoms with E-state index in [0.717, 1.165) is 5.56 Å². The molecule has 0 aliphatic carbocycles. The molecule has 0 spiro atoms. The highest BCUT2D eigenvalue weighted by Crippen LogP contribution is 2.36. The summed E-state index contributed by atoms with van der Waals surface area (Å²) < 4.78 is 10.7. The van der Waals surface area contributed by atoms with Gasteiger partial charge in [0, 0.05) is 10.7 Å². The van der Waals surface area contributed by atoms with Crippen LogP contribution in [0.15, 0.2) is 42.5 Å². The molecule has 1 heterocycles. The molecule has 0 aromatic heterocycles. The van der Waals surface area contributed by atoms with E-state index in [2.05, 4.69) is 5.32 Å². The molecule has 0 saturated heterocycles. The third kappa shape index (κ3) is 2.74. The van der Waals surface area contributed by atoms with Crippen LogP contribution in [0.5, 0.6) is 11.5 Å². The van der Waals surface area contributed by atoms with Gasteiger partial charge in [-0.15, -0.1) is 0 Å². The summed E-state index contributed by atoms with van der Waals surface area (Å²) in [5.41, 5.74) is 0.811. The Hall–Kier alpha value is -2.20. The highest BCUT2D eigenvalue weighted by molar-refractivity contribution is 6.30. The third-order valence-electron chi connectivity index (χ3n) is 3.74. The normalized spacial score (nSPS) is 13.0. The minimum absolute atomic E-state index is 0.117. The summed E-state index contributed by atoms with van der Waals surface area (Å²) in [4.78, 5) is 12.6. The second-order valence-electron chi connectivity index (χ2n) is 5.66. The van der Waals surface area contributed by atoms with Gasteiger partial charge in [0.1, 0.15) is 0 Å². The lowest BCUT2D eigenvalue weighted by Gasteiger charge is -2.24. The van der Waals surface area contributed by atoms with Gasteiger partial charge in [-0.1, -0.05) is 23.7 Å².